The van der Waals surface area contributed by atoms with Crippen LogP contribution in [-0.2, 0) is 0 Å². The van der Waals surface area contributed by atoms with Gasteiger partial charge in [0.25, 0.3) is 0 Å². The van der Waals surface area contributed by atoms with Crippen LogP contribution < -0.4 is 4.74 Å². The number of ether oxygens (including phenoxy) is 1. The first-order chi connectivity index (χ1) is 8.56. The first kappa shape index (κ1) is 12.9. The molecule has 0 saturated heterocycles. The molecular formula is C13H12BrNO3. The van der Waals surface area contributed by atoms with Crippen molar-refractivity contribution in [3.8, 4) is 11.8 Å². The molecule has 0 bridgehead atoms. The Morgan fingerprint density at radius 3 is 2.83 bits per heavy atom. The number of aromatic carboxylic acids is 1. The normalized spacial score (nSPS) is 15.8. The van der Waals surface area contributed by atoms with Gasteiger partial charge in [0, 0.05) is 16.3 Å². The first-order valence-electron chi connectivity index (χ1n) is 5.59. The number of hydrogen-bond acceptors (Lipinski definition) is 3. The highest BCUT2D eigenvalue weighted by Gasteiger charge is 2.43. The third-order valence-electron chi connectivity index (χ3n) is 3.12. The van der Waals surface area contributed by atoms with E-state index in [0.717, 1.165) is 12.8 Å². The van der Waals surface area contributed by atoms with Crippen LogP contribution in [0.2, 0.25) is 0 Å². The highest BCUT2D eigenvalue weighted by Crippen LogP contribution is 2.48. The summed E-state index contributed by atoms with van der Waals surface area (Å²) in [5.41, 5.74) is 0.170. The van der Waals surface area contributed by atoms with Crippen molar-refractivity contribution in [3.05, 3.63) is 28.2 Å². The summed E-state index contributed by atoms with van der Waals surface area (Å²) in [6.07, 6.45) is 2.50. The summed E-state index contributed by atoms with van der Waals surface area (Å²) in [5.74, 6) is -0.467. The van der Waals surface area contributed by atoms with Gasteiger partial charge in [0.15, 0.2) is 0 Å². The average Bonchev–Trinajstić information content (AvgIpc) is 3.08. The summed E-state index contributed by atoms with van der Waals surface area (Å²) in [6.45, 7) is 0.473. The molecule has 0 heterocycles. The second kappa shape index (κ2) is 4.99. The Morgan fingerprint density at radius 2 is 2.28 bits per heavy atom. The Bertz CT molecular complexity index is 517. The number of carbonyl (C=O) groups is 1. The second-order valence-electron chi connectivity index (χ2n) is 4.57. The molecule has 4 nitrogen and oxygen atoms in total. The molecule has 1 fully saturated rings. The van der Waals surface area contributed by atoms with Crippen LogP contribution in [0.5, 0.6) is 5.75 Å². The maximum Gasteiger partial charge on any atom is 0.336 e. The molecule has 0 atom stereocenters. The van der Waals surface area contributed by atoms with Gasteiger partial charge in [-0.25, -0.2) is 4.79 Å². The molecule has 0 aliphatic heterocycles. The lowest BCUT2D eigenvalue weighted by Gasteiger charge is -2.13. The molecule has 1 aromatic carbocycles. The van der Waals surface area contributed by atoms with E-state index in [4.69, 9.17) is 15.1 Å². The Labute approximate surface area is 113 Å². The molecule has 94 valence electrons. The van der Waals surface area contributed by atoms with Crippen molar-refractivity contribution >= 4 is 21.9 Å². The van der Waals surface area contributed by atoms with E-state index in [-0.39, 0.29) is 11.0 Å². The van der Waals surface area contributed by atoms with Crippen molar-refractivity contribution < 1.29 is 14.6 Å². The Balaban J connectivity index is 2.05. The van der Waals surface area contributed by atoms with E-state index in [0.29, 0.717) is 23.2 Å². The zero-order chi connectivity index (χ0) is 13.2. The average molecular weight is 310 g/mol. The van der Waals surface area contributed by atoms with Gasteiger partial charge in [-0.2, -0.15) is 5.26 Å². The second-order valence-corrected chi connectivity index (χ2v) is 5.42. The van der Waals surface area contributed by atoms with E-state index in [9.17, 15) is 4.79 Å². The van der Waals surface area contributed by atoms with E-state index in [1.807, 2.05) is 0 Å². The summed E-state index contributed by atoms with van der Waals surface area (Å²) in [5, 5.41) is 17.7. The fraction of sp³-hybridized carbons (Fsp3) is 0.385. The summed E-state index contributed by atoms with van der Waals surface area (Å²) in [6, 6.07) is 7.04. The number of nitrogens with zero attached hydrogens (tertiary/aromatic N) is 1. The SMILES string of the molecule is N#CCC1(COc2ccc(Br)c(C(=O)O)c2)CC1. The van der Waals surface area contributed by atoms with Crippen molar-refractivity contribution in [1.29, 1.82) is 5.26 Å². The molecule has 0 radical (unpaired) electrons. The minimum Gasteiger partial charge on any atom is -0.493 e. The first-order valence-corrected chi connectivity index (χ1v) is 6.38. The number of halogens is 1. The number of nitriles is 1. The van der Waals surface area contributed by atoms with E-state index in [1.54, 1.807) is 12.1 Å². The fourth-order valence-corrected chi connectivity index (χ4v) is 2.13. The molecule has 0 unspecified atom stereocenters. The Morgan fingerprint density at radius 1 is 1.56 bits per heavy atom. The third kappa shape index (κ3) is 2.82. The smallest absolute Gasteiger partial charge is 0.336 e. The Hall–Kier alpha value is -1.54. The van der Waals surface area contributed by atoms with Gasteiger partial charge in [0.05, 0.1) is 18.2 Å². The van der Waals surface area contributed by atoms with Gasteiger partial charge in [-0.05, 0) is 47.0 Å². The summed E-state index contributed by atoms with van der Waals surface area (Å²) in [4.78, 5) is 11.0. The fourth-order valence-electron chi connectivity index (χ4n) is 1.71. The van der Waals surface area contributed by atoms with Gasteiger partial charge >= 0.3 is 5.97 Å². The van der Waals surface area contributed by atoms with E-state index in [1.165, 1.54) is 6.07 Å². The van der Waals surface area contributed by atoms with E-state index < -0.39 is 5.97 Å². The molecule has 1 N–H and O–H groups in total. The molecule has 0 spiro atoms. The molecular weight excluding hydrogens is 298 g/mol. The predicted molar refractivity (Wildman–Crippen MR) is 68.5 cm³/mol. The van der Waals surface area contributed by atoms with Gasteiger partial charge in [0.2, 0.25) is 0 Å². The molecule has 1 aliphatic carbocycles. The van der Waals surface area contributed by atoms with Gasteiger partial charge < -0.3 is 9.84 Å². The van der Waals surface area contributed by atoms with Gasteiger partial charge in [-0.1, -0.05) is 0 Å². The summed E-state index contributed by atoms with van der Waals surface area (Å²) < 4.78 is 6.12. The highest BCUT2D eigenvalue weighted by molar-refractivity contribution is 9.10. The van der Waals surface area contributed by atoms with Crippen LogP contribution >= 0.6 is 15.9 Å². The number of hydrogen-bond donors (Lipinski definition) is 1. The van der Waals surface area contributed by atoms with Crippen LogP contribution in [0.1, 0.15) is 29.6 Å². The van der Waals surface area contributed by atoms with E-state index >= 15 is 0 Å². The zero-order valence-electron chi connectivity index (χ0n) is 9.65. The lowest BCUT2D eigenvalue weighted by atomic mass is 10.1. The van der Waals surface area contributed by atoms with Crippen LogP contribution in [0.3, 0.4) is 0 Å². The van der Waals surface area contributed by atoms with Gasteiger partial charge in [0.1, 0.15) is 5.75 Å². The Kier molecular flexibility index (Phi) is 3.58. The molecule has 1 aliphatic rings. The van der Waals surface area contributed by atoms with Crippen LogP contribution in [0.25, 0.3) is 0 Å². The maximum absolute atomic E-state index is 11.0. The number of benzene rings is 1. The van der Waals surface area contributed by atoms with Gasteiger partial charge in [-0.15, -0.1) is 0 Å². The van der Waals surface area contributed by atoms with Crippen molar-refractivity contribution in [3.63, 3.8) is 0 Å². The van der Waals surface area contributed by atoms with Crippen molar-refractivity contribution in [2.45, 2.75) is 19.3 Å². The maximum atomic E-state index is 11.0. The number of rotatable bonds is 5. The minimum absolute atomic E-state index is 0.00872. The van der Waals surface area contributed by atoms with Crippen molar-refractivity contribution in [2.24, 2.45) is 5.41 Å². The highest BCUT2D eigenvalue weighted by atomic mass is 79.9. The largest absolute Gasteiger partial charge is 0.493 e. The summed E-state index contributed by atoms with van der Waals surface area (Å²) in [7, 11) is 0. The minimum atomic E-state index is -0.995. The van der Waals surface area contributed by atoms with Crippen LogP contribution in [0.15, 0.2) is 22.7 Å². The van der Waals surface area contributed by atoms with Crippen molar-refractivity contribution in [2.75, 3.05) is 6.61 Å². The molecule has 0 aromatic heterocycles. The standard InChI is InChI=1S/C13H12BrNO3/c14-11-2-1-9(7-10(11)12(16)17)18-8-13(3-4-13)5-6-15/h1-2,7H,3-5,8H2,(H,16,17). The topological polar surface area (TPSA) is 70.3 Å². The third-order valence-corrected chi connectivity index (χ3v) is 3.82. The molecule has 5 heteroatoms. The monoisotopic (exact) mass is 309 g/mol. The van der Waals surface area contributed by atoms with Gasteiger partial charge in [-0.3, -0.25) is 0 Å². The van der Waals surface area contributed by atoms with Crippen LogP contribution in [0, 0.1) is 16.7 Å². The molecule has 2 rings (SSSR count). The number of carboxylic acid groups (broad SMARTS) is 1. The molecule has 0 amide bonds. The summed E-state index contributed by atoms with van der Waals surface area (Å²) >= 11 is 3.18. The molecule has 1 aromatic rings. The van der Waals surface area contributed by atoms with Crippen molar-refractivity contribution in [1.82, 2.24) is 0 Å². The number of carboxylic acids is 1. The quantitative estimate of drug-likeness (QED) is 0.906. The van der Waals surface area contributed by atoms with E-state index in [2.05, 4.69) is 22.0 Å². The predicted octanol–water partition coefficient (Wildman–Crippen LogP) is 3.22. The van der Waals surface area contributed by atoms with Crippen LogP contribution in [-0.4, -0.2) is 17.7 Å². The molecule has 1 saturated carbocycles. The zero-order valence-corrected chi connectivity index (χ0v) is 11.2. The van der Waals surface area contributed by atoms with Crippen LogP contribution in [0.4, 0.5) is 0 Å². The lowest BCUT2D eigenvalue weighted by molar-refractivity contribution is 0.0695. The molecule has 18 heavy (non-hydrogen) atoms. The lowest BCUT2D eigenvalue weighted by Crippen LogP contribution is -2.12.